The highest BCUT2D eigenvalue weighted by molar-refractivity contribution is 7.99. The van der Waals surface area contributed by atoms with E-state index < -0.39 is 0 Å². The first kappa shape index (κ1) is 18.3. The Labute approximate surface area is 168 Å². The average molecular weight is 413 g/mol. The number of anilines is 1. The van der Waals surface area contributed by atoms with Gasteiger partial charge in [-0.25, -0.2) is 0 Å². The number of thioether (sulfide) groups is 1. The molecular weight excluding hydrogens is 398 g/mol. The van der Waals surface area contributed by atoms with Gasteiger partial charge in [-0.05, 0) is 31.2 Å². The number of benzene rings is 1. The summed E-state index contributed by atoms with van der Waals surface area (Å²) in [6.45, 7) is 1.83. The van der Waals surface area contributed by atoms with Crippen LogP contribution in [0.3, 0.4) is 0 Å². The van der Waals surface area contributed by atoms with E-state index in [0.29, 0.717) is 15.9 Å². The van der Waals surface area contributed by atoms with Crippen LogP contribution in [0.25, 0.3) is 16.9 Å². The first-order chi connectivity index (χ1) is 13.6. The summed E-state index contributed by atoms with van der Waals surface area (Å²) in [5.41, 5.74) is 2.27. The molecule has 0 atom stereocenters. The molecule has 0 aliphatic rings. The van der Waals surface area contributed by atoms with Gasteiger partial charge in [-0.2, -0.15) is 9.61 Å². The number of hydrogen-bond acceptors (Lipinski definition) is 9. The number of fused-ring (bicyclic) bond motifs is 1. The van der Waals surface area contributed by atoms with Crippen LogP contribution in [-0.2, 0) is 4.79 Å². The second kappa shape index (κ2) is 7.90. The van der Waals surface area contributed by atoms with Gasteiger partial charge < -0.3 is 4.74 Å². The van der Waals surface area contributed by atoms with Crippen LogP contribution in [0.15, 0.2) is 41.6 Å². The Morgan fingerprint density at radius 2 is 2.11 bits per heavy atom. The molecule has 4 rings (SSSR count). The Morgan fingerprint density at radius 3 is 2.89 bits per heavy atom. The fourth-order valence-corrected chi connectivity index (χ4v) is 3.72. The summed E-state index contributed by atoms with van der Waals surface area (Å²) in [4.78, 5) is 12.1. The van der Waals surface area contributed by atoms with Crippen molar-refractivity contribution in [1.29, 1.82) is 0 Å². The lowest BCUT2D eigenvalue weighted by atomic mass is 10.1. The number of carbonyl (C=O) groups excluding carboxylic acids is 1. The van der Waals surface area contributed by atoms with Crippen molar-refractivity contribution in [2.24, 2.45) is 0 Å². The fourth-order valence-electron chi connectivity index (χ4n) is 2.43. The molecule has 1 aromatic carbocycles. The van der Waals surface area contributed by atoms with Gasteiger partial charge in [0.25, 0.3) is 0 Å². The number of aromatic nitrogens is 6. The summed E-state index contributed by atoms with van der Waals surface area (Å²) in [6.07, 6.45) is 0. The topological polar surface area (TPSA) is 107 Å². The van der Waals surface area contributed by atoms with E-state index in [0.717, 1.165) is 22.0 Å². The quantitative estimate of drug-likeness (QED) is 0.481. The molecule has 142 valence electrons. The zero-order valence-electron chi connectivity index (χ0n) is 15.0. The Kier molecular flexibility index (Phi) is 5.17. The van der Waals surface area contributed by atoms with Gasteiger partial charge in [0.05, 0.1) is 18.6 Å². The van der Waals surface area contributed by atoms with Crippen LogP contribution in [0.1, 0.15) is 5.01 Å². The third kappa shape index (κ3) is 3.94. The van der Waals surface area contributed by atoms with Gasteiger partial charge in [0, 0.05) is 5.56 Å². The molecule has 1 amide bonds. The zero-order valence-corrected chi connectivity index (χ0v) is 16.6. The number of rotatable bonds is 6. The molecule has 0 radical (unpaired) electrons. The van der Waals surface area contributed by atoms with E-state index in [-0.39, 0.29) is 11.7 Å². The van der Waals surface area contributed by atoms with Crippen molar-refractivity contribution in [3.8, 4) is 17.0 Å². The summed E-state index contributed by atoms with van der Waals surface area (Å²) >= 11 is 2.57. The maximum atomic E-state index is 12.1. The number of nitrogens with one attached hydrogen (secondary N) is 1. The Morgan fingerprint density at radius 1 is 1.21 bits per heavy atom. The van der Waals surface area contributed by atoms with Crippen molar-refractivity contribution < 1.29 is 9.53 Å². The number of aryl methyl sites for hydroxylation is 1. The van der Waals surface area contributed by atoms with E-state index in [1.165, 1.54) is 23.1 Å². The summed E-state index contributed by atoms with van der Waals surface area (Å²) in [5.74, 6) is 0.716. The molecule has 0 unspecified atom stereocenters. The number of hydrogen-bond donors (Lipinski definition) is 1. The minimum Gasteiger partial charge on any atom is -0.497 e. The van der Waals surface area contributed by atoms with E-state index in [1.54, 1.807) is 11.6 Å². The van der Waals surface area contributed by atoms with Gasteiger partial charge in [0.2, 0.25) is 16.2 Å². The highest BCUT2D eigenvalue weighted by atomic mass is 32.2. The van der Waals surface area contributed by atoms with Crippen LogP contribution in [0, 0.1) is 6.92 Å². The van der Waals surface area contributed by atoms with Gasteiger partial charge in [-0.15, -0.1) is 20.4 Å². The van der Waals surface area contributed by atoms with Crippen molar-refractivity contribution in [1.82, 2.24) is 30.0 Å². The lowest BCUT2D eigenvalue weighted by molar-refractivity contribution is -0.113. The number of nitrogens with zero attached hydrogens (tertiary/aromatic N) is 6. The van der Waals surface area contributed by atoms with E-state index >= 15 is 0 Å². The first-order valence-electron chi connectivity index (χ1n) is 8.22. The molecule has 0 aliphatic carbocycles. The molecule has 11 heteroatoms. The molecule has 0 saturated carbocycles. The number of methoxy groups -OCH3 is 1. The van der Waals surface area contributed by atoms with E-state index in [4.69, 9.17) is 4.74 Å². The van der Waals surface area contributed by atoms with Crippen molar-refractivity contribution >= 4 is 39.8 Å². The first-order valence-corrected chi connectivity index (χ1v) is 10.0. The molecule has 0 spiro atoms. The Hall–Kier alpha value is -3.05. The van der Waals surface area contributed by atoms with Gasteiger partial charge in [-0.1, -0.05) is 35.2 Å². The van der Waals surface area contributed by atoms with Crippen molar-refractivity contribution in [3.63, 3.8) is 0 Å². The lowest BCUT2D eigenvalue weighted by Crippen LogP contribution is -2.14. The van der Waals surface area contributed by atoms with Gasteiger partial charge in [0.1, 0.15) is 10.8 Å². The van der Waals surface area contributed by atoms with Crippen LogP contribution >= 0.6 is 23.1 Å². The molecule has 0 fully saturated rings. The highest BCUT2D eigenvalue weighted by Gasteiger charge is 2.13. The van der Waals surface area contributed by atoms with Crippen LogP contribution in [0.5, 0.6) is 5.75 Å². The molecule has 0 aliphatic heterocycles. The fraction of sp³-hybridized carbons (Fsp3) is 0.176. The standard InChI is InChI=1S/C17H15N7O2S2/c1-10-19-21-16(28-10)18-15(25)9-27-17-22-20-14-7-6-13(23-24(14)17)11-4-3-5-12(8-11)26-2/h3-8H,9H2,1-2H3,(H,18,21,25). The van der Waals surface area contributed by atoms with Crippen molar-refractivity contribution in [2.75, 3.05) is 18.2 Å². The summed E-state index contributed by atoms with van der Waals surface area (Å²) in [6, 6.07) is 11.3. The SMILES string of the molecule is COc1cccc(-c2ccc3nnc(SCC(=O)Nc4nnc(C)s4)n3n2)c1. The Balaban J connectivity index is 1.52. The van der Waals surface area contributed by atoms with Gasteiger partial charge in [-0.3, -0.25) is 10.1 Å². The van der Waals surface area contributed by atoms with E-state index in [2.05, 4.69) is 30.8 Å². The molecule has 28 heavy (non-hydrogen) atoms. The Bertz CT molecular complexity index is 1140. The maximum absolute atomic E-state index is 12.1. The normalized spacial score (nSPS) is 10.9. The van der Waals surface area contributed by atoms with Crippen LogP contribution in [0.4, 0.5) is 5.13 Å². The molecule has 1 N–H and O–H groups in total. The van der Waals surface area contributed by atoms with Crippen molar-refractivity contribution in [3.05, 3.63) is 41.4 Å². The molecule has 3 heterocycles. The predicted octanol–water partition coefficient (Wildman–Crippen LogP) is 2.69. The second-order valence-corrected chi connectivity index (χ2v) is 7.79. The van der Waals surface area contributed by atoms with Gasteiger partial charge in [0.15, 0.2) is 5.65 Å². The summed E-state index contributed by atoms with van der Waals surface area (Å²) in [5, 5.41) is 25.1. The smallest absolute Gasteiger partial charge is 0.236 e. The third-order valence-electron chi connectivity index (χ3n) is 3.70. The van der Waals surface area contributed by atoms with E-state index in [9.17, 15) is 4.79 Å². The van der Waals surface area contributed by atoms with Crippen LogP contribution in [0.2, 0.25) is 0 Å². The average Bonchev–Trinajstić information content (AvgIpc) is 3.31. The summed E-state index contributed by atoms with van der Waals surface area (Å²) in [7, 11) is 1.62. The largest absolute Gasteiger partial charge is 0.497 e. The number of ether oxygens (including phenoxy) is 1. The van der Waals surface area contributed by atoms with Crippen LogP contribution < -0.4 is 10.1 Å². The molecule has 4 aromatic rings. The molecule has 0 bridgehead atoms. The minimum atomic E-state index is -0.193. The third-order valence-corrected chi connectivity index (χ3v) is 5.38. The molecular formula is C17H15N7O2S2. The number of carbonyl (C=O) groups is 1. The second-order valence-electron chi connectivity index (χ2n) is 5.67. The zero-order chi connectivity index (χ0) is 19.5. The highest BCUT2D eigenvalue weighted by Crippen LogP contribution is 2.24. The van der Waals surface area contributed by atoms with Gasteiger partial charge >= 0.3 is 0 Å². The van der Waals surface area contributed by atoms with E-state index in [1.807, 2.05) is 43.3 Å². The maximum Gasteiger partial charge on any atom is 0.236 e. The predicted molar refractivity (Wildman–Crippen MR) is 107 cm³/mol. The number of amides is 1. The molecule has 0 saturated heterocycles. The molecule has 3 aromatic heterocycles. The molecule has 9 nitrogen and oxygen atoms in total. The summed E-state index contributed by atoms with van der Waals surface area (Å²) < 4.78 is 6.90. The monoisotopic (exact) mass is 413 g/mol. The minimum absolute atomic E-state index is 0.157. The lowest BCUT2D eigenvalue weighted by Gasteiger charge is -2.05. The van der Waals surface area contributed by atoms with Crippen LogP contribution in [-0.4, -0.2) is 48.8 Å². The van der Waals surface area contributed by atoms with Crippen molar-refractivity contribution in [2.45, 2.75) is 12.1 Å².